The second-order valence-corrected chi connectivity index (χ2v) is 9.91. The number of nitrogens with zero attached hydrogens (tertiary/aromatic N) is 6. The van der Waals surface area contributed by atoms with E-state index in [0.29, 0.717) is 49.0 Å². The van der Waals surface area contributed by atoms with E-state index in [4.69, 9.17) is 33.0 Å². The maximum absolute atomic E-state index is 12.9. The fourth-order valence-electron chi connectivity index (χ4n) is 4.28. The summed E-state index contributed by atoms with van der Waals surface area (Å²) in [5.74, 6) is -0.685. The first-order valence-electron chi connectivity index (χ1n) is 13.2. The van der Waals surface area contributed by atoms with Crippen LogP contribution in [0, 0.1) is 5.92 Å². The largest absolute Gasteiger partial charge is 0.494 e. The summed E-state index contributed by atoms with van der Waals surface area (Å²) in [6.45, 7) is 2.01. The summed E-state index contributed by atoms with van der Waals surface area (Å²) in [7, 11) is 18.1. The number of aromatic nitrogens is 5. The van der Waals surface area contributed by atoms with Gasteiger partial charge in [-0.3, -0.25) is 14.4 Å². The van der Waals surface area contributed by atoms with E-state index in [9.17, 15) is 14.4 Å². The Balaban J connectivity index is 1.42. The highest BCUT2D eigenvalue weighted by atomic mass is 16.5. The predicted molar refractivity (Wildman–Crippen MR) is 154 cm³/mol. The van der Waals surface area contributed by atoms with Crippen molar-refractivity contribution in [2.24, 2.45) is 5.92 Å². The highest BCUT2D eigenvalue weighted by Crippen LogP contribution is 2.38. The predicted octanol–water partition coefficient (Wildman–Crippen LogP) is -0.459. The Kier molecular flexibility index (Phi) is 8.47. The molecule has 1 saturated carbocycles. The Morgan fingerprint density at radius 1 is 1.12 bits per heavy atom. The third kappa shape index (κ3) is 7.08. The summed E-state index contributed by atoms with van der Waals surface area (Å²) in [4.78, 5) is 40.9. The monoisotopic (exact) mass is 565 g/mol. The van der Waals surface area contributed by atoms with Gasteiger partial charge in [0, 0.05) is 30.6 Å². The van der Waals surface area contributed by atoms with Crippen LogP contribution in [0.25, 0.3) is 11.3 Å². The first-order chi connectivity index (χ1) is 20.1. The Labute approximate surface area is 245 Å². The van der Waals surface area contributed by atoms with Gasteiger partial charge in [-0.05, 0) is 25.0 Å². The molecule has 3 amide bonds. The van der Waals surface area contributed by atoms with Crippen molar-refractivity contribution >= 4 is 58.5 Å². The lowest BCUT2D eigenvalue weighted by Gasteiger charge is -2.26. The number of rotatable bonds is 10. The number of amides is 3. The topological polar surface area (TPSA) is 165 Å². The lowest BCUT2D eigenvalue weighted by Crippen LogP contribution is -2.50. The quantitative estimate of drug-likeness (QED) is 0.274. The van der Waals surface area contributed by atoms with E-state index in [1.165, 1.54) is 24.2 Å². The van der Waals surface area contributed by atoms with Crippen molar-refractivity contribution in [1.29, 1.82) is 0 Å². The van der Waals surface area contributed by atoms with Crippen LogP contribution in [0.15, 0.2) is 30.5 Å². The minimum absolute atomic E-state index is 0.0261. The zero-order valence-corrected chi connectivity index (χ0v) is 22.9. The van der Waals surface area contributed by atoms with Gasteiger partial charge < -0.3 is 30.3 Å². The van der Waals surface area contributed by atoms with Crippen LogP contribution in [0.2, 0.25) is 0 Å². The molecule has 3 N–H and O–H groups in total. The van der Waals surface area contributed by atoms with Crippen LogP contribution in [0.4, 0.5) is 17.2 Å². The van der Waals surface area contributed by atoms with Crippen molar-refractivity contribution in [3.05, 3.63) is 36.2 Å². The molecule has 2 aromatic heterocycles. The molecule has 1 aliphatic carbocycles. The zero-order valence-electron chi connectivity index (χ0n) is 22.9. The number of hydrogen-bond acceptors (Lipinski definition) is 10. The molecule has 0 unspecified atom stereocenters. The SMILES string of the molecule is [B]C([B])([B])NC(=O)c1nnc(NC(=O)C2CC2)cc1Nc1cccc(-c2cnn(CC(=O)N3CCOCC3)n2)c1OC. The van der Waals surface area contributed by atoms with Gasteiger partial charge in [-0.2, -0.15) is 15.0 Å². The van der Waals surface area contributed by atoms with Gasteiger partial charge in [-0.25, -0.2) is 0 Å². The fraction of sp³-hybridized carbons (Fsp3) is 0.400. The zero-order chi connectivity index (χ0) is 29.9. The fourth-order valence-corrected chi connectivity index (χ4v) is 4.28. The molecule has 5 rings (SSSR count). The molecule has 0 atom stereocenters. The highest BCUT2D eigenvalue weighted by Gasteiger charge is 2.30. The Hall–Kier alpha value is -4.40. The summed E-state index contributed by atoms with van der Waals surface area (Å²) in [6, 6.07) is 6.67. The van der Waals surface area contributed by atoms with Gasteiger partial charge in [0.1, 0.15) is 12.2 Å². The number of hydrogen-bond donors (Lipinski definition) is 3. The van der Waals surface area contributed by atoms with Crippen molar-refractivity contribution in [3.63, 3.8) is 0 Å². The molecule has 42 heavy (non-hydrogen) atoms. The number of para-hydroxylation sites is 1. The second kappa shape index (κ2) is 12.2. The van der Waals surface area contributed by atoms with Crippen LogP contribution >= 0.6 is 0 Å². The normalized spacial score (nSPS) is 15.1. The maximum Gasteiger partial charge on any atom is 0.272 e. The molecule has 6 radical (unpaired) electrons. The first kappa shape index (κ1) is 29.1. The van der Waals surface area contributed by atoms with Gasteiger partial charge in [-0.15, -0.1) is 10.2 Å². The van der Waals surface area contributed by atoms with Gasteiger partial charge in [0.25, 0.3) is 5.91 Å². The van der Waals surface area contributed by atoms with Gasteiger partial charge >= 0.3 is 0 Å². The Morgan fingerprint density at radius 2 is 1.88 bits per heavy atom. The molecule has 14 nitrogen and oxygen atoms in total. The van der Waals surface area contributed by atoms with Crippen molar-refractivity contribution in [2.45, 2.75) is 24.6 Å². The molecule has 3 heterocycles. The van der Waals surface area contributed by atoms with Crippen LogP contribution in [-0.4, -0.2) is 110 Å². The summed E-state index contributed by atoms with van der Waals surface area (Å²) in [5, 5.41) is 22.7. The standard InChI is InChI=1S/C25H26B3N9O5/c1-41-22-15(18-12-29-37(35-18)13-20(38)36-7-9-42-10-8-36)3-2-4-16(22)30-17-11-19(31-23(39)14-5-6-14)33-34-21(17)24(40)32-25(26,27)28/h2-4,11-12,14H,5-10,13H2,1H3,(H,32,40)(H2,30,31,33,39). The summed E-state index contributed by atoms with van der Waals surface area (Å²) >= 11 is 0. The van der Waals surface area contributed by atoms with Crippen molar-refractivity contribution in [1.82, 2.24) is 35.4 Å². The lowest BCUT2D eigenvalue weighted by atomic mass is 9.49. The number of nitrogens with one attached hydrogen (secondary N) is 3. The number of carbonyl (C=O) groups excluding carboxylic acids is 3. The number of benzene rings is 1. The average Bonchev–Trinajstić information content (AvgIpc) is 3.71. The van der Waals surface area contributed by atoms with Gasteiger partial charge in [0.15, 0.2) is 17.3 Å². The van der Waals surface area contributed by atoms with E-state index >= 15 is 0 Å². The van der Waals surface area contributed by atoms with Crippen LogP contribution in [0.3, 0.4) is 0 Å². The highest BCUT2D eigenvalue weighted by molar-refractivity contribution is 6.60. The van der Waals surface area contributed by atoms with E-state index in [0.717, 1.165) is 12.8 Å². The minimum atomic E-state index is -2.01. The molecule has 1 saturated heterocycles. The van der Waals surface area contributed by atoms with E-state index in [-0.39, 0.29) is 41.5 Å². The average molecular weight is 565 g/mol. The maximum atomic E-state index is 12.9. The summed E-state index contributed by atoms with van der Waals surface area (Å²) < 4.78 is 11.0. The van der Waals surface area contributed by atoms with Crippen molar-refractivity contribution in [3.8, 4) is 17.0 Å². The molecule has 0 spiro atoms. The number of methoxy groups -OCH3 is 1. The van der Waals surface area contributed by atoms with E-state index in [1.807, 2.05) is 0 Å². The lowest BCUT2D eigenvalue weighted by molar-refractivity contribution is -0.136. The number of morpholine rings is 1. The molecule has 1 aromatic carbocycles. The van der Waals surface area contributed by atoms with Gasteiger partial charge in [0.2, 0.25) is 11.8 Å². The number of ether oxygens (including phenoxy) is 2. The van der Waals surface area contributed by atoms with Crippen molar-refractivity contribution in [2.75, 3.05) is 44.0 Å². The molecule has 17 heteroatoms. The van der Waals surface area contributed by atoms with Crippen LogP contribution in [-0.2, 0) is 20.9 Å². The van der Waals surface area contributed by atoms with Crippen LogP contribution in [0.1, 0.15) is 23.3 Å². The molecular weight excluding hydrogens is 539 g/mol. The molecule has 210 valence electrons. The van der Waals surface area contributed by atoms with Crippen LogP contribution < -0.4 is 20.7 Å². The van der Waals surface area contributed by atoms with E-state index in [1.54, 1.807) is 23.1 Å². The molecule has 3 aromatic rings. The summed E-state index contributed by atoms with van der Waals surface area (Å²) in [6.07, 6.45) is 3.12. The van der Waals surface area contributed by atoms with Crippen LogP contribution in [0.5, 0.6) is 5.75 Å². The second-order valence-electron chi connectivity index (χ2n) is 9.91. The number of carbonyl (C=O) groups is 3. The third-order valence-electron chi connectivity index (χ3n) is 6.48. The third-order valence-corrected chi connectivity index (χ3v) is 6.48. The Morgan fingerprint density at radius 3 is 2.57 bits per heavy atom. The molecule has 1 aliphatic heterocycles. The first-order valence-corrected chi connectivity index (χ1v) is 13.2. The van der Waals surface area contributed by atoms with E-state index in [2.05, 4.69) is 36.3 Å². The molecule has 2 fully saturated rings. The molecule has 0 bridgehead atoms. The smallest absolute Gasteiger partial charge is 0.272 e. The minimum Gasteiger partial charge on any atom is -0.494 e. The van der Waals surface area contributed by atoms with Gasteiger partial charge in [-0.1, -0.05) is 11.3 Å². The molecular formula is C25H26B3N9O5. The summed E-state index contributed by atoms with van der Waals surface area (Å²) in [5.41, 5.74) is 1.41. The van der Waals surface area contributed by atoms with E-state index < -0.39 is 11.1 Å². The Bertz CT molecular complexity index is 1490. The number of anilines is 3. The van der Waals surface area contributed by atoms with Gasteiger partial charge in [0.05, 0.1) is 61.4 Å². The molecule has 2 aliphatic rings. The van der Waals surface area contributed by atoms with Crippen molar-refractivity contribution < 1.29 is 23.9 Å².